The third-order valence-electron chi connectivity index (χ3n) is 5.61. The number of nitrogens with zero attached hydrogens (tertiary/aromatic N) is 4. The van der Waals surface area contributed by atoms with E-state index in [0.717, 1.165) is 28.2 Å². The van der Waals surface area contributed by atoms with E-state index in [4.69, 9.17) is 4.74 Å². The van der Waals surface area contributed by atoms with Crippen LogP contribution in [0.1, 0.15) is 33.3 Å². The lowest BCUT2D eigenvalue weighted by Gasteiger charge is -2.18. The monoisotopic (exact) mass is 474 g/mol. The van der Waals surface area contributed by atoms with E-state index in [2.05, 4.69) is 36.2 Å². The molecular formula is C26H26N4O3S. The number of rotatable bonds is 9. The second kappa shape index (κ2) is 10.5. The van der Waals surface area contributed by atoms with Crippen LogP contribution < -0.4 is 4.74 Å². The van der Waals surface area contributed by atoms with Gasteiger partial charge in [0.2, 0.25) is 6.54 Å². The van der Waals surface area contributed by atoms with Crippen LogP contribution >= 0.6 is 11.8 Å². The molecule has 174 valence electrons. The lowest BCUT2D eigenvalue weighted by atomic mass is 10.1. The van der Waals surface area contributed by atoms with E-state index in [1.807, 2.05) is 72.2 Å². The average Bonchev–Trinajstić information content (AvgIpc) is 3.19. The lowest BCUT2D eigenvalue weighted by Crippen LogP contribution is -2.12. The van der Waals surface area contributed by atoms with Gasteiger partial charge in [0.15, 0.2) is 5.16 Å². The number of nitro groups is 1. The topological polar surface area (TPSA) is 83.1 Å². The molecule has 1 atom stereocenters. The van der Waals surface area contributed by atoms with E-state index in [9.17, 15) is 10.1 Å². The smallest absolute Gasteiger partial charge is 0.220 e. The fraction of sp³-hybridized carbons (Fsp3) is 0.231. The third-order valence-corrected chi connectivity index (χ3v) is 6.77. The highest BCUT2D eigenvalue weighted by Crippen LogP contribution is 2.40. The number of aromatic nitrogens is 3. The Morgan fingerprint density at radius 1 is 0.971 bits per heavy atom. The standard InChI is InChI=1S/C26H26N4O3S/c1-18-13-14-22(15-19(18)2)30-20(3)27-28-26(30)34-25(16-29(31)32)23-11-7-8-12-24(23)33-17-21-9-5-4-6-10-21/h4-15,25H,16-17H2,1-3H3/t25-/m0/s1. The van der Waals surface area contributed by atoms with Gasteiger partial charge in [-0.25, -0.2) is 0 Å². The van der Waals surface area contributed by atoms with Crippen molar-refractivity contribution in [3.63, 3.8) is 0 Å². The molecule has 4 rings (SSSR count). The highest BCUT2D eigenvalue weighted by molar-refractivity contribution is 7.99. The molecule has 7 nitrogen and oxygen atoms in total. The zero-order valence-corrected chi connectivity index (χ0v) is 20.2. The van der Waals surface area contributed by atoms with Crippen molar-refractivity contribution in [2.24, 2.45) is 0 Å². The molecule has 3 aromatic carbocycles. The Morgan fingerprint density at radius 2 is 1.71 bits per heavy atom. The van der Waals surface area contributed by atoms with Crippen LogP contribution in [0.15, 0.2) is 78.0 Å². The zero-order chi connectivity index (χ0) is 24.1. The Morgan fingerprint density at radius 3 is 2.44 bits per heavy atom. The number of hydrogen-bond donors (Lipinski definition) is 0. The molecule has 0 fully saturated rings. The summed E-state index contributed by atoms with van der Waals surface area (Å²) >= 11 is 1.33. The molecule has 0 unspecified atom stereocenters. The van der Waals surface area contributed by atoms with Crippen molar-refractivity contribution in [2.75, 3.05) is 6.54 Å². The fourth-order valence-corrected chi connectivity index (χ4v) is 4.86. The fourth-order valence-electron chi connectivity index (χ4n) is 3.66. The highest BCUT2D eigenvalue weighted by atomic mass is 32.2. The first-order chi connectivity index (χ1) is 16.4. The normalized spacial score (nSPS) is 11.9. The number of thioether (sulfide) groups is 1. The minimum absolute atomic E-state index is 0.269. The Labute approximate surface area is 203 Å². The molecular weight excluding hydrogens is 448 g/mol. The van der Waals surface area contributed by atoms with E-state index in [1.165, 1.54) is 17.3 Å². The van der Waals surface area contributed by atoms with Gasteiger partial charge in [-0.2, -0.15) is 0 Å². The van der Waals surface area contributed by atoms with Gasteiger partial charge in [0, 0.05) is 16.2 Å². The predicted molar refractivity (Wildman–Crippen MR) is 133 cm³/mol. The zero-order valence-electron chi connectivity index (χ0n) is 19.3. The molecule has 0 saturated carbocycles. The summed E-state index contributed by atoms with van der Waals surface area (Å²) in [4.78, 5) is 11.3. The van der Waals surface area contributed by atoms with Gasteiger partial charge in [-0.1, -0.05) is 66.4 Å². The Hall–Kier alpha value is -3.65. The van der Waals surface area contributed by atoms with Gasteiger partial charge < -0.3 is 4.74 Å². The van der Waals surface area contributed by atoms with Crippen molar-refractivity contribution in [3.8, 4) is 11.4 Å². The molecule has 1 heterocycles. The molecule has 1 aromatic heterocycles. The molecule has 8 heteroatoms. The van der Waals surface area contributed by atoms with Crippen LogP contribution in [0, 0.1) is 30.9 Å². The van der Waals surface area contributed by atoms with E-state index in [0.29, 0.717) is 17.5 Å². The summed E-state index contributed by atoms with van der Waals surface area (Å²) in [5.74, 6) is 1.35. The van der Waals surface area contributed by atoms with Gasteiger partial charge in [0.1, 0.15) is 23.4 Å². The minimum Gasteiger partial charge on any atom is -0.489 e. The van der Waals surface area contributed by atoms with Crippen molar-refractivity contribution < 1.29 is 9.66 Å². The van der Waals surface area contributed by atoms with E-state index in [1.54, 1.807) is 0 Å². The van der Waals surface area contributed by atoms with Crippen molar-refractivity contribution in [2.45, 2.75) is 37.8 Å². The van der Waals surface area contributed by atoms with Gasteiger partial charge in [-0.05, 0) is 55.7 Å². The van der Waals surface area contributed by atoms with Crippen LogP contribution in [0.2, 0.25) is 0 Å². The third kappa shape index (κ3) is 5.46. The number of hydrogen-bond acceptors (Lipinski definition) is 6. The van der Waals surface area contributed by atoms with E-state index in [-0.39, 0.29) is 11.5 Å². The summed E-state index contributed by atoms with van der Waals surface area (Å²) in [6, 6.07) is 23.5. The predicted octanol–water partition coefficient (Wildman–Crippen LogP) is 5.88. The summed E-state index contributed by atoms with van der Waals surface area (Å²) in [5, 5.41) is 20.3. The minimum atomic E-state index is -0.504. The molecule has 4 aromatic rings. The second-order valence-electron chi connectivity index (χ2n) is 8.07. The van der Waals surface area contributed by atoms with E-state index < -0.39 is 5.25 Å². The van der Waals surface area contributed by atoms with Crippen LogP contribution in [0.25, 0.3) is 5.69 Å². The summed E-state index contributed by atoms with van der Waals surface area (Å²) in [6.07, 6.45) is 0. The van der Waals surface area contributed by atoms with Gasteiger partial charge in [-0.15, -0.1) is 10.2 Å². The van der Waals surface area contributed by atoms with Crippen molar-refractivity contribution in [1.82, 2.24) is 14.8 Å². The number of ether oxygens (including phenoxy) is 1. The number of benzene rings is 3. The molecule has 0 N–H and O–H groups in total. The van der Waals surface area contributed by atoms with Crippen molar-refractivity contribution in [1.29, 1.82) is 0 Å². The molecule has 0 spiro atoms. The first-order valence-electron chi connectivity index (χ1n) is 11.0. The summed E-state index contributed by atoms with van der Waals surface area (Å²) in [6.45, 7) is 6.11. The Balaban J connectivity index is 1.66. The van der Waals surface area contributed by atoms with Crippen LogP contribution in [0.5, 0.6) is 5.75 Å². The van der Waals surface area contributed by atoms with Gasteiger partial charge >= 0.3 is 0 Å². The van der Waals surface area contributed by atoms with Gasteiger partial charge in [-0.3, -0.25) is 14.7 Å². The molecule has 0 aliphatic heterocycles. The first-order valence-corrected chi connectivity index (χ1v) is 11.8. The average molecular weight is 475 g/mol. The largest absolute Gasteiger partial charge is 0.489 e. The maximum absolute atomic E-state index is 11.6. The lowest BCUT2D eigenvalue weighted by molar-refractivity contribution is -0.479. The molecule has 0 saturated heterocycles. The maximum Gasteiger partial charge on any atom is 0.220 e. The maximum atomic E-state index is 11.6. The Bertz CT molecular complexity index is 1290. The Kier molecular flexibility index (Phi) is 7.27. The first kappa shape index (κ1) is 23.5. The molecule has 34 heavy (non-hydrogen) atoms. The summed E-state index contributed by atoms with van der Waals surface area (Å²) in [5.41, 5.74) is 5.07. The molecule has 0 radical (unpaired) electrons. The van der Waals surface area contributed by atoms with Crippen molar-refractivity contribution in [3.05, 3.63) is 111 Å². The molecule has 0 aliphatic rings. The SMILES string of the molecule is Cc1ccc(-n2c(C)nnc2S[C@@H](C[N+](=O)[O-])c2ccccc2OCc2ccccc2)cc1C. The quantitative estimate of drug-likeness (QED) is 0.171. The van der Waals surface area contributed by atoms with Crippen LogP contribution in [0.3, 0.4) is 0 Å². The van der Waals surface area contributed by atoms with E-state index >= 15 is 0 Å². The molecule has 0 bridgehead atoms. The summed E-state index contributed by atoms with van der Waals surface area (Å²) < 4.78 is 8.04. The van der Waals surface area contributed by atoms with Crippen LogP contribution in [-0.2, 0) is 6.61 Å². The van der Waals surface area contributed by atoms with Crippen LogP contribution in [-0.4, -0.2) is 26.2 Å². The number of para-hydroxylation sites is 1. The number of aryl methyl sites for hydroxylation is 3. The summed E-state index contributed by atoms with van der Waals surface area (Å²) in [7, 11) is 0. The van der Waals surface area contributed by atoms with Crippen LogP contribution in [0.4, 0.5) is 0 Å². The molecule has 0 amide bonds. The van der Waals surface area contributed by atoms with Crippen molar-refractivity contribution >= 4 is 11.8 Å². The van der Waals surface area contributed by atoms with Gasteiger partial charge in [0.25, 0.3) is 0 Å². The highest BCUT2D eigenvalue weighted by Gasteiger charge is 2.26. The molecule has 0 aliphatic carbocycles. The second-order valence-corrected chi connectivity index (χ2v) is 9.24. The van der Waals surface area contributed by atoms with Gasteiger partial charge in [0.05, 0.1) is 0 Å².